The average molecular weight is 440 g/mol. The largest absolute Gasteiger partial charge is 0.371 e. The molecule has 1 aliphatic rings. The zero-order chi connectivity index (χ0) is 22.0. The highest BCUT2D eigenvalue weighted by atomic mass is 32.2. The Bertz CT molecular complexity index is 1170. The number of rotatable bonds is 6. The van der Waals surface area contributed by atoms with E-state index in [0.29, 0.717) is 11.3 Å². The lowest BCUT2D eigenvalue weighted by Gasteiger charge is -2.22. The molecular formula is C22H25N5O3S. The zero-order valence-electron chi connectivity index (χ0n) is 17.5. The van der Waals surface area contributed by atoms with Gasteiger partial charge in [0, 0.05) is 51.0 Å². The van der Waals surface area contributed by atoms with Gasteiger partial charge in [-0.15, -0.1) is 0 Å². The van der Waals surface area contributed by atoms with Crippen molar-refractivity contribution in [3.63, 3.8) is 0 Å². The maximum atomic E-state index is 13.2. The molecule has 0 saturated carbocycles. The molecule has 0 radical (unpaired) electrons. The van der Waals surface area contributed by atoms with Crippen LogP contribution in [0.4, 0.5) is 11.4 Å². The molecule has 2 aromatic carbocycles. The third kappa shape index (κ3) is 4.33. The quantitative estimate of drug-likeness (QED) is 0.638. The first-order valence-corrected chi connectivity index (χ1v) is 11.5. The molecule has 8 nitrogen and oxygen atoms in total. The molecule has 2 heterocycles. The van der Waals surface area contributed by atoms with Gasteiger partial charge in [-0.3, -0.25) is 4.79 Å². The molecule has 1 aliphatic heterocycles. The summed E-state index contributed by atoms with van der Waals surface area (Å²) in [5, 5.41) is 7.09. The van der Waals surface area contributed by atoms with Crippen molar-refractivity contribution < 1.29 is 13.2 Å². The van der Waals surface area contributed by atoms with E-state index in [1.54, 1.807) is 35.1 Å². The Labute approximate surface area is 182 Å². The van der Waals surface area contributed by atoms with Gasteiger partial charge in [0.1, 0.15) is 0 Å². The molecule has 162 valence electrons. The first-order valence-electron chi connectivity index (χ1n) is 10.1. The fourth-order valence-electron chi connectivity index (χ4n) is 3.62. The highest BCUT2D eigenvalue weighted by Gasteiger charge is 2.24. The van der Waals surface area contributed by atoms with Crippen LogP contribution in [0.25, 0.3) is 5.69 Å². The van der Waals surface area contributed by atoms with Gasteiger partial charge in [-0.2, -0.15) is 5.10 Å². The lowest BCUT2D eigenvalue weighted by molar-refractivity contribution is 0.102. The summed E-state index contributed by atoms with van der Waals surface area (Å²) in [6, 6.07) is 13.9. The molecule has 31 heavy (non-hydrogen) atoms. The van der Waals surface area contributed by atoms with Crippen LogP contribution in [-0.2, 0) is 10.0 Å². The molecule has 4 rings (SSSR count). The van der Waals surface area contributed by atoms with Gasteiger partial charge in [0.05, 0.1) is 16.1 Å². The maximum Gasteiger partial charge on any atom is 0.257 e. The number of anilines is 2. The lowest BCUT2D eigenvalue weighted by atomic mass is 10.1. The van der Waals surface area contributed by atoms with Crippen LogP contribution in [0.15, 0.2) is 65.8 Å². The van der Waals surface area contributed by atoms with Crippen molar-refractivity contribution in [2.24, 2.45) is 0 Å². The Morgan fingerprint density at radius 2 is 1.77 bits per heavy atom. The Morgan fingerprint density at radius 1 is 1.06 bits per heavy atom. The van der Waals surface area contributed by atoms with Crippen LogP contribution < -0.4 is 10.2 Å². The normalized spacial score (nSPS) is 14.2. The van der Waals surface area contributed by atoms with E-state index in [1.165, 1.54) is 20.2 Å². The van der Waals surface area contributed by atoms with Gasteiger partial charge in [0.15, 0.2) is 0 Å². The summed E-state index contributed by atoms with van der Waals surface area (Å²) in [5.74, 6) is -0.343. The Balaban J connectivity index is 1.65. The molecule has 1 fully saturated rings. The smallest absolute Gasteiger partial charge is 0.257 e. The van der Waals surface area contributed by atoms with Crippen molar-refractivity contribution >= 4 is 27.3 Å². The second-order valence-corrected chi connectivity index (χ2v) is 9.76. The summed E-state index contributed by atoms with van der Waals surface area (Å²) in [6.07, 6.45) is 5.64. The van der Waals surface area contributed by atoms with Gasteiger partial charge in [-0.1, -0.05) is 0 Å². The van der Waals surface area contributed by atoms with Crippen LogP contribution >= 0.6 is 0 Å². The van der Waals surface area contributed by atoms with Gasteiger partial charge in [0.25, 0.3) is 5.91 Å². The summed E-state index contributed by atoms with van der Waals surface area (Å²) in [4.78, 5) is 15.4. The Morgan fingerprint density at radius 3 is 2.39 bits per heavy atom. The number of hydrogen-bond acceptors (Lipinski definition) is 5. The summed E-state index contributed by atoms with van der Waals surface area (Å²) >= 11 is 0. The number of nitrogens with zero attached hydrogens (tertiary/aromatic N) is 4. The summed E-state index contributed by atoms with van der Waals surface area (Å²) in [5.41, 5.74) is 2.59. The first-order chi connectivity index (χ1) is 14.9. The van der Waals surface area contributed by atoms with E-state index in [4.69, 9.17) is 0 Å². The van der Waals surface area contributed by atoms with Crippen molar-refractivity contribution in [3.8, 4) is 5.69 Å². The second-order valence-electron chi connectivity index (χ2n) is 7.61. The molecule has 1 aromatic heterocycles. The third-order valence-electron chi connectivity index (χ3n) is 5.33. The van der Waals surface area contributed by atoms with E-state index in [-0.39, 0.29) is 10.8 Å². The molecule has 0 unspecified atom stereocenters. The number of carbonyl (C=O) groups is 1. The second kappa shape index (κ2) is 8.52. The number of sulfonamides is 1. The molecular weight excluding hydrogens is 414 g/mol. The monoisotopic (exact) mass is 439 g/mol. The number of nitrogens with one attached hydrogen (secondary N) is 1. The minimum atomic E-state index is -3.65. The molecule has 3 aromatic rings. The van der Waals surface area contributed by atoms with Crippen molar-refractivity contribution in [3.05, 3.63) is 66.5 Å². The standard InChI is InChI=1S/C22H25N5O3S/c1-25(2)31(29,30)19-10-11-21(26-13-3-4-14-26)20(16-19)22(28)24-17-6-8-18(9-7-17)27-15-5-12-23-27/h5-12,15-16H,3-4,13-14H2,1-2H3,(H,24,28). The highest BCUT2D eigenvalue weighted by Crippen LogP contribution is 2.29. The SMILES string of the molecule is CN(C)S(=O)(=O)c1ccc(N2CCCC2)c(C(=O)Nc2ccc(-n3cccn3)cc2)c1. The van der Waals surface area contributed by atoms with Gasteiger partial charge in [-0.05, 0) is 61.4 Å². The Hall–Kier alpha value is -3.17. The zero-order valence-corrected chi connectivity index (χ0v) is 18.3. The minimum absolute atomic E-state index is 0.0969. The van der Waals surface area contributed by atoms with Crippen molar-refractivity contribution in [2.75, 3.05) is 37.4 Å². The fraction of sp³-hybridized carbons (Fsp3) is 0.273. The third-order valence-corrected chi connectivity index (χ3v) is 7.14. The first kappa shape index (κ1) is 21.1. The van der Waals surface area contributed by atoms with E-state index in [0.717, 1.165) is 41.6 Å². The van der Waals surface area contributed by atoms with Crippen molar-refractivity contribution in [2.45, 2.75) is 17.7 Å². The van der Waals surface area contributed by atoms with Crippen LogP contribution in [-0.4, -0.2) is 55.6 Å². The molecule has 0 spiro atoms. The van der Waals surface area contributed by atoms with Gasteiger partial charge in [-0.25, -0.2) is 17.4 Å². The number of amides is 1. The minimum Gasteiger partial charge on any atom is -0.371 e. The van der Waals surface area contributed by atoms with E-state index in [9.17, 15) is 13.2 Å². The van der Waals surface area contributed by atoms with Gasteiger partial charge in [0.2, 0.25) is 10.0 Å². The van der Waals surface area contributed by atoms with Gasteiger partial charge < -0.3 is 10.2 Å². The predicted molar refractivity (Wildman–Crippen MR) is 120 cm³/mol. The lowest BCUT2D eigenvalue weighted by Crippen LogP contribution is -2.25. The van der Waals surface area contributed by atoms with E-state index in [2.05, 4.69) is 15.3 Å². The maximum absolute atomic E-state index is 13.2. The number of carbonyl (C=O) groups excluding carboxylic acids is 1. The van der Waals surface area contributed by atoms with Crippen LogP contribution in [0.2, 0.25) is 0 Å². The van der Waals surface area contributed by atoms with Crippen LogP contribution in [0.1, 0.15) is 23.2 Å². The topological polar surface area (TPSA) is 87.5 Å². The van der Waals surface area contributed by atoms with Crippen LogP contribution in [0.5, 0.6) is 0 Å². The van der Waals surface area contributed by atoms with Crippen molar-refractivity contribution in [1.82, 2.24) is 14.1 Å². The van der Waals surface area contributed by atoms with Crippen molar-refractivity contribution in [1.29, 1.82) is 0 Å². The molecule has 1 saturated heterocycles. The van der Waals surface area contributed by atoms with E-state index in [1.807, 2.05) is 24.4 Å². The predicted octanol–water partition coefficient (Wildman–Crippen LogP) is 2.98. The number of aromatic nitrogens is 2. The van der Waals surface area contributed by atoms with Gasteiger partial charge >= 0.3 is 0 Å². The van der Waals surface area contributed by atoms with E-state index < -0.39 is 10.0 Å². The number of hydrogen-bond donors (Lipinski definition) is 1. The molecule has 1 N–H and O–H groups in total. The highest BCUT2D eigenvalue weighted by molar-refractivity contribution is 7.89. The van der Waals surface area contributed by atoms with Crippen LogP contribution in [0, 0.1) is 0 Å². The summed E-state index contributed by atoms with van der Waals surface area (Å²) < 4.78 is 28.1. The van der Waals surface area contributed by atoms with E-state index >= 15 is 0 Å². The fourth-order valence-corrected chi connectivity index (χ4v) is 4.55. The molecule has 0 bridgehead atoms. The summed E-state index contributed by atoms with van der Waals surface area (Å²) in [6.45, 7) is 1.69. The van der Waals surface area contributed by atoms with Crippen LogP contribution in [0.3, 0.4) is 0 Å². The molecule has 9 heteroatoms. The molecule has 0 aliphatic carbocycles. The number of benzene rings is 2. The molecule has 0 atom stereocenters. The average Bonchev–Trinajstić information content (AvgIpc) is 3.48. The summed E-state index contributed by atoms with van der Waals surface area (Å²) in [7, 11) is -0.698. The molecule has 1 amide bonds. The Kier molecular flexibility index (Phi) is 5.79.